The molecule has 0 atom stereocenters. The first kappa shape index (κ1) is 35.3. The molecule has 246 valence electrons. The molecule has 0 aliphatic carbocycles. The molecule has 0 bridgehead atoms. The number of fused-ring (bicyclic) bond motifs is 1. The van der Waals surface area contributed by atoms with Gasteiger partial charge in [-0.3, -0.25) is 9.59 Å². The monoisotopic (exact) mass is 661 g/mol. The maximum Gasteiger partial charge on any atom is 0.389 e. The lowest BCUT2D eigenvalue weighted by molar-refractivity contribution is -0.134. The minimum absolute atomic E-state index is 0.0499. The lowest BCUT2D eigenvalue weighted by Gasteiger charge is -2.20. The van der Waals surface area contributed by atoms with Crippen molar-refractivity contribution in [1.82, 2.24) is 15.6 Å². The van der Waals surface area contributed by atoms with Crippen molar-refractivity contribution in [3.63, 3.8) is 0 Å². The number of halogens is 3. The number of carbonyl (C=O) groups is 2. The second kappa shape index (κ2) is 14.9. The standard InChI is InChI=1S/C35H32F3N3O3S.C2H6/c1-34(2,3)41-31(42)23-10-8-9-22(19-23)26-20-27-29(32(43)39-4)30(44-33(27)40-28(26)17-18-35(36,37)38)21-13-15-25(16-14-21)45-24-11-6-5-7-12-24;1-2/h5-16,19-20H,17-18H2,1-4H3,(H,39,43)(H,41,42);1-2H3. The molecule has 3 aromatic carbocycles. The van der Waals surface area contributed by atoms with Crippen molar-refractivity contribution in [3.05, 3.63) is 102 Å². The summed E-state index contributed by atoms with van der Waals surface area (Å²) in [5.74, 6) is -0.494. The van der Waals surface area contributed by atoms with E-state index in [0.717, 1.165) is 9.79 Å². The summed E-state index contributed by atoms with van der Waals surface area (Å²) in [6.45, 7) is 9.57. The quantitative estimate of drug-likeness (QED) is 0.173. The molecule has 0 aliphatic rings. The van der Waals surface area contributed by atoms with Crippen LogP contribution in [-0.4, -0.2) is 35.6 Å². The minimum atomic E-state index is -4.41. The molecule has 5 rings (SSSR count). The molecule has 47 heavy (non-hydrogen) atoms. The number of amides is 2. The van der Waals surface area contributed by atoms with E-state index in [0.29, 0.717) is 27.6 Å². The Morgan fingerprint density at radius 1 is 0.830 bits per heavy atom. The van der Waals surface area contributed by atoms with Gasteiger partial charge in [0.25, 0.3) is 11.8 Å². The van der Waals surface area contributed by atoms with Gasteiger partial charge in [-0.25, -0.2) is 4.98 Å². The van der Waals surface area contributed by atoms with Crippen molar-refractivity contribution in [2.75, 3.05) is 7.05 Å². The van der Waals surface area contributed by atoms with Gasteiger partial charge in [0.05, 0.1) is 16.6 Å². The second-order valence-corrected chi connectivity index (χ2v) is 12.7. The third-order valence-corrected chi connectivity index (χ3v) is 7.90. The van der Waals surface area contributed by atoms with Crippen LogP contribution >= 0.6 is 11.8 Å². The maximum absolute atomic E-state index is 13.4. The molecule has 2 aromatic heterocycles. The Hall–Kier alpha value is -4.57. The molecular formula is C37H38F3N3O3S. The molecule has 2 amide bonds. The summed E-state index contributed by atoms with van der Waals surface area (Å²) in [6.07, 6.45) is -5.92. The van der Waals surface area contributed by atoms with Crippen LogP contribution in [0.4, 0.5) is 13.2 Å². The van der Waals surface area contributed by atoms with E-state index in [1.165, 1.54) is 7.05 Å². The fourth-order valence-corrected chi connectivity index (χ4v) is 5.69. The molecular weight excluding hydrogens is 623 g/mol. The molecule has 6 nitrogen and oxygen atoms in total. The van der Waals surface area contributed by atoms with Crippen molar-refractivity contribution >= 4 is 34.7 Å². The van der Waals surface area contributed by atoms with Gasteiger partial charge in [0.15, 0.2) is 0 Å². The van der Waals surface area contributed by atoms with Crippen LogP contribution in [0.5, 0.6) is 0 Å². The number of carbonyl (C=O) groups excluding carboxylic acids is 2. The van der Waals surface area contributed by atoms with E-state index >= 15 is 0 Å². The van der Waals surface area contributed by atoms with E-state index in [1.54, 1.807) is 42.1 Å². The van der Waals surface area contributed by atoms with E-state index in [4.69, 9.17) is 4.42 Å². The van der Waals surface area contributed by atoms with Gasteiger partial charge in [0, 0.05) is 45.5 Å². The number of aromatic nitrogens is 1. The van der Waals surface area contributed by atoms with Crippen LogP contribution < -0.4 is 10.6 Å². The van der Waals surface area contributed by atoms with Crippen LogP contribution in [0.2, 0.25) is 0 Å². The Morgan fingerprint density at radius 3 is 2.11 bits per heavy atom. The van der Waals surface area contributed by atoms with Gasteiger partial charge in [-0.2, -0.15) is 13.2 Å². The Morgan fingerprint density at radius 2 is 1.49 bits per heavy atom. The maximum atomic E-state index is 13.4. The molecule has 0 unspecified atom stereocenters. The predicted octanol–water partition coefficient (Wildman–Crippen LogP) is 9.72. The average molecular weight is 662 g/mol. The minimum Gasteiger partial charge on any atom is -0.437 e. The number of benzene rings is 3. The Bertz CT molecular complexity index is 1850. The van der Waals surface area contributed by atoms with Gasteiger partial charge >= 0.3 is 6.18 Å². The van der Waals surface area contributed by atoms with Crippen LogP contribution in [-0.2, 0) is 6.42 Å². The van der Waals surface area contributed by atoms with E-state index in [-0.39, 0.29) is 28.6 Å². The lowest BCUT2D eigenvalue weighted by Crippen LogP contribution is -2.40. The lowest BCUT2D eigenvalue weighted by atomic mass is 9.96. The van der Waals surface area contributed by atoms with Crippen molar-refractivity contribution < 1.29 is 27.2 Å². The molecule has 0 fully saturated rings. The van der Waals surface area contributed by atoms with Crippen LogP contribution in [0, 0.1) is 0 Å². The fourth-order valence-electron chi connectivity index (χ4n) is 4.85. The fraction of sp³-hybridized carbons (Fsp3) is 0.270. The van der Waals surface area contributed by atoms with Crippen LogP contribution in [0.1, 0.15) is 67.4 Å². The SMILES string of the molecule is CC.CNC(=O)c1c(-c2ccc(Sc3ccccc3)cc2)oc2nc(CCC(F)(F)F)c(-c3cccc(C(=O)NC(C)(C)C)c3)cc12. The molecule has 0 saturated carbocycles. The molecule has 0 saturated heterocycles. The van der Waals surface area contributed by atoms with Gasteiger partial charge in [-0.05, 0) is 75.2 Å². The number of aryl methyl sites for hydroxylation is 1. The van der Waals surface area contributed by atoms with E-state index in [9.17, 15) is 22.8 Å². The highest BCUT2D eigenvalue weighted by molar-refractivity contribution is 7.99. The Balaban J connectivity index is 0.00000245. The molecule has 10 heteroatoms. The highest BCUT2D eigenvalue weighted by atomic mass is 32.2. The molecule has 0 spiro atoms. The number of rotatable bonds is 8. The van der Waals surface area contributed by atoms with Crippen LogP contribution in [0.15, 0.2) is 99.1 Å². The van der Waals surface area contributed by atoms with E-state index in [2.05, 4.69) is 15.6 Å². The van der Waals surface area contributed by atoms with E-state index in [1.807, 2.05) is 89.2 Å². The molecule has 0 radical (unpaired) electrons. The summed E-state index contributed by atoms with van der Waals surface area (Å²) in [7, 11) is 1.49. The summed E-state index contributed by atoms with van der Waals surface area (Å²) in [6, 6.07) is 25.6. The topological polar surface area (TPSA) is 84.2 Å². The van der Waals surface area contributed by atoms with Crippen LogP contribution in [0.25, 0.3) is 33.6 Å². The summed E-state index contributed by atoms with van der Waals surface area (Å²) in [4.78, 5) is 32.8. The summed E-state index contributed by atoms with van der Waals surface area (Å²) in [5.41, 5.74) is 1.76. The zero-order chi connectivity index (χ0) is 34.4. The number of furan rings is 1. The average Bonchev–Trinajstić information content (AvgIpc) is 3.42. The van der Waals surface area contributed by atoms with Crippen molar-refractivity contribution in [2.45, 2.75) is 69.0 Å². The Labute approximate surface area is 277 Å². The van der Waals surface area contributed by atoms with E-state index < -0.39 is 30.5 Å². The van der Waals surface area contributed by atoms with Crippen molar-refractivity contribution in [3.8, 4) is 22.5 Å². The highest BCUT2D eigenvalue weighted by Gasteiger charge is 2.29. The summed E-state index contributed by atoms with van der Waals surface area (Å²) < 4.78 is 46.2. The van der Waals surface area contributed by atoms with Gasteiger partial charge in [-0.1, -0.05) is 68.1 Å². The first-order valence-corrected chi connectivity index (χ1v) is 16.1. The Kier molecular flexibility index (Phi) is 11.2. The normalized spacial score (nSPS) is 11.5. The zero-order valence-electron chi connectivity index (χ0n) is 27.2. The third kappa shape index (κ3) is 9.04. The zero-order valence-corrected chi connectivity index (χ0v) is 28.0. The predicted molar refractivity (Wildman–Crippen MR) is 182 cm³/mol. The number of pyridine rings is 1. The molecule has 0 aliphatic heterocycles. The second-order valence-electron chi connectivity index (χ2n) is 11.6. The molecule has 2 N–H and O–H groups in total. The number of nitrogens with zero attached hydrogens (tertiary/aromatic N) is 1. The van der Waals surface area contributed by atoms with Gasteiger partial charge < -0.3 is 15.1 Å². The summed E-state index contributed by atoms with van der Waals surface area (Å²) >= 11 is 1.58. The largest absolute Gasteiger partial charge is 0.437 e. The smallest absolute Gasteiger partial charge is 0.389 e. The van der Waals surface area contributed by atoms with Gasteiger partial charge in [0.1, 0.15) is 5.76 Å². The third-order valence-electron chi connectivity index (χ3n) is 6.88. The summed E-state index contributed by atoms with van der Waals surface area (Å²) in [5, 5.41) is 5.90. The first-order valence-electron chi connectivity index (χ1n) is 15.3. The number of alkyl halides is 3. The number of nitrogens with one attached hydrogen (secondary N) is 2. The number of hydrogen-bond acceptors (Lipinski definition) is 5. The van der Waals surface area contributed by atoms with Crippen molar-refractivity contribution in [2.24, 2.45) is 0 Å². The van der Waals surface area contributed by atoms with Crippen molar-refractivity contribution in [1.29, 1.82) is 0 Å². The number of hydrogen-bond donors (Lipinski definition) is 2. The van der Waals surface area contributed by atoms with Gasteiger partial charge in [-0.15, -0.1) is 0 Å². The molecule has 2 heterocycles. The first-order chi connectivity index (χ1) is 22.3. The highest BCUT2D eigenvalue weighted by Crippen LogP contribution is 2.38. The molecule has 5 aromatic rings. The van der Waals surface area contributed by atoms with Crippen LogP contribution in [0.3, 0.4) is 0 Å². The van der Waals surface area contributed by atoms with Gasteiger partial charge in [0.2, 0.25) is 5.71 Å².